The Kier molecular flexibility index (Phi) is 4.72. The van der Waals surface area contributed by atoms with Crippen LogP contribution in [0.15, 0.2) is 18.3 Å². The van der Waals surface area contributed by atoms with Crippen molar-refractivity contribution in [2.75, 3.05) is 5.43 Å². The standard InChI is InChI=1S/C11H18N4O/c1-3-4-8(2)14-11(16)9-5-6-13-10(7-9)15-12/h5-8H,3-4,12H2,1-2H3,(H,13,15)(H,14,16). The fourth-order valence-electron chi connectivity index (χ4n) is 1.46. The second-order valence-corrected chi connectivity index (χ2v) is 3.74. The van der Waals surface area contributed by atoms with Crippen LogP contribution in [0.1, 0.15) is 37.0 Å². The molecule has 1 aromatic rings. The van der Waals surface area contributed by atoms with Gasteiger partial charge in [0, 0.05) is 17.8 Å². The van der Waals surface area contributed by atoms with E-state index in [4.69, 9.17) is 5.84 Å². The maximum absolute atomic E-state index is 11.8. The zero-order chi connectivity index (χ0) is 12.0. The van der Waals surface area contributed by atoms with Crippen molar-refractivity contribution in [2.24, 2.45) is 5.84 Å². The van der Waals surface area contributed by atoms with Crippen LogP contribution in [0.4, 0.5) is 5.82 Å². The number of hydrogen-bond acceptors (Lipinski definition) is 4. The highest BCUT2D eigenvalue weighted by atomic mass is 16.1. The number of nitrogens with one attached hydrogen (secondary N) is 2. The molecule has 5 heteroatoms. The smallest absolute Gasteiger partial charge is 0.251 e. The van der Waals surface area contributed by atoms with Gasteiger partial charge in [0.15, 0.2) is 0 Å². The lowest BCUT2D eigenvalue weighted by molar-refractivity contribution is 0.0938. The first-order valence-corrected chi connectivity index (χ1v) is 5.41. The fourth-order valence-corrected chi connectivity index (χ4v) is 1.46. The SMILES string of the molecule is CCCC(C)NC(=O)c1ccnc(NN)c1. The van der Waals surface area contributed by atoms with E-state index in [1.807, 2.05) is 6.92 Å². The number of nitrogens with two attached hydrogens (primary N) is 1. The van der Waals surface area contributed by atoms with Gasteiger partial charge in [-0.3, -0.25) is 4.79 Å². The first-order valence-electron chi connectivity index (χ1n) is 5.41. The number of carbonyl (C=O) groups excluding carboxylic acids is 1. The average Bonchev–Trinajstić information content (AvgIpc) is 2.29. The molecule has 0 bridgehead atoms. The third-order valence-electron chi connectivity index (χ3n) is 2.27. The van der Waals surface area contributed by atoms with Gasteiger partial charge in [0.25, 0.3) is 5.91 Å². The summed E-state index contributed by atoms with van der Waals surface area (Å²) in [4.78, 5) is 15.7. The number of pyridine rings is 1. The molecular weight excluding hydrogens is 204 g/mol. The molecule has 0 spiro atoms. The summed E-state index contributed by atoms with van der Waals surface area (Å²) in [6.07, 6.45) is 3.57. The molecule has 0 aliphatic heterocycles. The topological polar surface area (TPSA) is 80.0 Å². The molecule has 1 rings (SSSR count). The summed E-state index contributed by atoms with van der Waals surface area (Å²) in [6.45, 7) is 4.08. The Labute approximate surface area is 95.4 Å². The van der Waals surface area contributed by atoms with E-state index in [2.05, 4.69) is 22.7 Å². The van der Waals surface area contributed by atoms with Crippen LogP contribution in [0.5, 0.6) is 0 Å². The summed E-state index contributed by atoms with van der Waals surface area (Å²) in [5, 5.41) is 2.91. The largest absolute Gasteiger partial charge is 0.350 e. The number of hydrogen-bond donors (Lipinski definition) is 3. The number of nitrogens with zero attached hydrogens (tertiary/aromatic N) is 1. The Morgan fingerprint density at radius 2 is 2.38 bits per heavy atom. The Bertz CT molecular complexity index is 354. The minimum absolute atomic E-state index is 0.0974. The van der Waals surface area contributed by atoms with Crippen molar-refractivity contribution in [3.63, 3.8) is 0 Å². The Balaban J connectivity index is 2.65. The van der Waals surface area contributed by atoms with Gasteiger partial charge in [-0.15, -0.1) is 0 Å². The second kappa shape index (κ2) is 6.07. The minimum Gasteiger partial charge on any atom is -0.350 e. The van der Waals surface area contributed by atoms with Crippen LogP contribution in [0.3, 0.4) is 0 Å². The molecule has 0 radical (unpaired) electrons. The molecule has 0 saturated carbocycles. The minimum atomic E-state index is -0.0974. The first kappa shape index (κ1) is 12.4. The lowest BCUT2D eigenvalue weighted by Crippen LogP contribution is -2.32. The van der Waals surface area contributed by atoms with Crippen molar-refractivity contribution in [1.82, 2.24) is 10.3 Å². The third-order valence-corrected chi connectivity index (χ3v) is 2.27. The third kappa shape index (κ3) is 3.51. The van der Waals surface area contributed by atoms with Gasteiger partial charge < -0.3 is 10.7 Å². The van der Waals surface area contributed by atoms with Crippen LogP contribution < -0.4 is 16.6 Å². The molecule has 0 fully saturated rings. The van der Waals surface area contributed by atoms with Crippen molar-refractivity contribution in [1.29, 1.82) is 0 Å². The molecule has 0 aliphatic carbocycles. The van der Waals surface area contributed by atoms with Crippen molar-refractivity contribution in [2.45, 2.75) is 32.7 Å². The number of anilines is 1. The summed E-state index contributed by atoms with van der Waals surface area (Å²) in [5.41, 5.74) is 2.97. The zero-order valence-corrected chi connectivity index (χ0v) is 9.66. The maximum Gasteiger partial charge on any atom is 0.251 e. The quantitative estimate of drug-likeness (QED) is 0.518. The molecule has 0 saturated heterocycles. The van der Waals surface area contributed by atoms with E-state index >= 15 is 0 Å². The molecule has 1 aromatic heterocycles. The van der Waals surface area contributed by atoms with Crippen LogP contribution in [0.25, 0.3) is 0 Å². The summed E-state index contributed by atoms with van der Waals surface area (Å²) in [5.74, 6) is 5.61. The Morgan fingerprint density at radius 1 is 1.62 bits per heavy atom. The molecule has 0 aromatic carbocycles. The van der Waals surface area contributed by atoms with E-state index in [-0.39, 0.29) is 11.9 Å². The molecule has 1 unspecified atom stereocenters. The highest BCUT2D eigenvalue weighted by Crippen LogP contribution is 2.06. The summed E-state index contributed by atoms with van der Waals surface area (Å²) >= 11 is 0. The summed E-state index contributed by atoms with van der Waals surface area (Å²) in [6, 6.07) is 3.46. The predicted molar refractivity (Wildman–Crippen MR) is 63.9 cm³/mol. The van der Waals surface area contributed by atoms with Gasteiger partial charge in [0.2, 0.25) is 0 Å². The van der Waals surface area contributed by atoms with E-state index in [1.54, 1.807) is 18.3 Å². The molecule has 5 nitrogen and oxygen atoms in total. The van der Waals surface area contributed by atoms with Crippen molar-refractivity contribution < 1.29 is 4.79 Å². The highest BCUT2D eigenvalue weighted by molar-refractivity contribution is 5.94. The number of rotatable bonds is 5. The van der Waals surface area contributed by atoms with Crippen molar-refractivity contribution in [3.05, 3.63) is 23.9 Å². The van der Waals surface area contributed by atoms with Crippen LogP contribution in [0, 0.1) is 0 Å². The van der Waals surface area contributed by atoms with E-state index in [0.29, 0.717) is 11.4 Å². The van der Waals surface area contributed by atoms with E-state index in [1.165, 1.54) is 0 Å². The molecule has 1 amide bonds. The Morgan fingerprint density at radius 3 is 3.00 bits per heavy atom. The van der Waals surface area contributed by atoms with Gasteiger partial charge in [0.05, 0.1) is 0 Å². The second-order valence-electron chi connectivity index (χ2n) is 3.74. The van der Waals surface area contributed by atoms with Crippen LogP contribution in [0.2, 0.25) is 0 Å². The normalized spacial score (nSPS) is 11.9. The van der Waals surface area contributed by atoms with Gasteiger partial charge in [-0.25, -0.2) is 10.8 Å². The van der Waals surface area contributed by atoms with Crippen LogP contribution in [-0.2, 0) is 0 Å². The van der Waals surface area contributed by atoms with Crippen LogP contribution >= 0.6 is 0 Å². The zero-order valence-electron chi connectivity index (χ0n) is 9.66. The number of nitrogen functional groups attached to an aromatic ring is 1. The van der Waals surface area contributed by atoms with Crippen LogP contribution in [-0.4, -0.2) is 16.9 Å². The molecule has 1 atom stereocenters. The maximum atomic E-state index is 11.8. The van der Waals surface area contributed by atoms with Gasteiger partial charge in [-0.1, -0.05) is 13.3 Å². The van der Waals surface area contributed by atoms with E-state index in [0.717, 1.165) is 12.8 Å². The molecule has 16 heavy (non-hydrogen) atoms. The number of aromatic nitrogens is 1. The number of hydrazine groups is 1. The molecule has 1 heterocycles. The average molecular weight is 222 g/mol. The van der Waals surface area contributed by atoms with Gasteiger partial charge >= 0.3 is 0 Å². The summed E-state index contributed by atoms with van der Waals surface area (Å²) < 4.78 is 0. The predicted octanol–water partition coefficient (Wildman–Crippen LogP) is 1.29. The van der Waals surface area contributed by atoms with Crippen molar-refractivity contribution >= 4 is 11.7 Å². The summed E-state index contributed by atoms with van der Waals surface area (Å²) in [7, 11) is 0. The Hall–Kier alpha value is -1.62. The molecule has 88 valence electrons. The van der Waals surface area contributed by atoms with E-state index in [9.17, 15) is 4.79 Å². The lowest BCUT2D eigenvalue weighted by Gasteiger charge is -2.12. The molecular formula is C11H18N4O. The van der Waals surface area contributed by atoms with Gasteiger partial charge in [0.1, 0.15) is 5.82 Å². The van der Waals surface area contributed by atoms with E-state index < -0.39 is 0 Å². The highest BCUT2D eigenvalue weighted by Gasteiger charge is 2.09. The number of carbonyl (C=O) groups is 1. The monoisotopic (exact) mass is 222 g/mol. The van der Waals surface area contributed by atoms with Gasteiger partial charge in [-0.05, 0) is 25.5 Å². The number of amides is 1. The fraction of sp³-hybridized carbons (Fsp3) is 0.455. The van der Waals surface area contributed by atoms with Crippen molar-refractivity contribution in [3.8, 4) is 0 Å². The first-order chi connectivity index (χ1) is 7.67. The molecule has 0 aliphatic rings. The van der Waals surface area contributed by atoms with Gasteiger partial charge in [-0.2, -0.15) is 0 Å². The lowest BCUT2D eigenvalue weighted by atomic mass is 10.1. The molecule has 4 N–H and O–H groups in total.